The Labute approximate surface area is 92.6 Å². The topological polar surface area (TPSA) is 67.6 Å². The van der Waals surface area contributed by atoms with Crippen LogP contribution in [0.4, 0.5) is 0 Å². The number of nitrogens with two attached hydrogens (primary N) is 1. The molecule has 0 saturated carbocycles. The summed E-state index contributed by atoms with van der Waals surface area (Å²) in [5.74, 6) is 0.849. The smallest absolute Gasteiger partial charge is 0.141 e. The molecule has 1 atom stereocenters. The second kappa shape index (κ2) is 4.55. The average molecular weight is 222 g/mol. The minimum absolute atomic E-state index is 0.00344. The van der Waals surface area contributed by atoms with Crippen LogP contribution in [0, 0.1) is 0 Å². The number of imidazole rings is 1. The Hall–Kier alpha value is -1.20. The van der Waals surface area contributed by atoms with Gasteiger partial charge in [-0.15, -0.1) is 11.3 Å². The van der Waals surface area contributed by atoms with Gasteiger partial charge in [0.25, 0.3) is 0 Å². The second-order valence-corrected chi connectivity index (χ2v) is 4.31. The van der Waals surface area contributed by atoms with Gasteiger partial charge >= 0.3 is 0 Å². The first-order valence-corrected chi connectivity index (χ1v) is 5.89. The molecule has 3 N–H and O–H groups in total. The van der Waals surface area contributed by atoms with Gasteiger partial charge in [0.1, 0.15) is 10.8 Å². The van der Waals surface area contributed by atoms with Gasteiger partial charge in [0.15, 0.2) is 0 Å². The number of rotatable bonds is 4. The van der Waals surface area contributed by atoms with Crippen LogP contribution in [0.15, 0.2) is 17.8 Å². The lowest BCUT2D eigenvalue weighted by molar-refractivity contribution is 0.609. The summed E-state index contributed by atoms with van der Waals surface area (Å²) in [4.78, 5) is 11.7. The molecule has 0 aromatic carbocycles. The molecule has 4 nitrogen and oxygen atoms in total. The van der Waals surface area contributed by atoms with E-state index in [-0.39, 0.29) is 6.04 Å². The Morgan fingerprint density at radius 1 is 1.53 bits per heavy atom. The van der Waals surface area contributed by atoms with Gasteiger partial charge in [-0.25, -0.2) is 9.97 Å². The molecule has 0 aliphatic heterocycles. The molecule has 0 fully saturated rings. The van der Waals surface area contributed by atoms with Gasteiger partial charge in [-0.2, -0.15) is 0 Å². The maximum atomic E-state index is 5.96. The fraction of sp³-hybridized carbons (Fsp3) is 0.400. The zero-order chi connectivity index (χ0) is 10.7. The summed E-state index contributed by atoms with van der Waals surface area (Å²) in [7, 11) is 0. The average Bonchev–Trinajstić information content (AvgIpc) is 2.89. The quantitative estimate of drug-likeness (QED) is 0.834. The van der Waals surface area contributed by atoms with E-state index < -0.39 is 0 Å². The lowest BCUT2D eigenvalue weighted by Gasteiger charge is -2.05. The number of nitrogens with zero attached hydrogens (tertiary/aromatic N) is 2. The van der Waals surface area contributed by atoms with E-state index in [9.17, 15) is 0 Å². The summed E-state index contributed by atoms with van der Waals surface area (Å²) in [6.07, 6.45) is 5.59. The molecule has 80 valence electrons. The number of nitrogens with one attached hydrogen (secondary N) is 1. The highest BCUT2D eigenvalue weighted by Gasteiger charge is 2.10. The molecule has 1 unspecified atom stereocenters. The standard InChI is InChI=1S/C10H14N4S/c1-2-3-7(11)9-13-6-8(14-9)10-12-4-5-15-10/h4-7H,2-3,11H2,1H3,(H,13,14). The van der Waals surface area contributed by atoms with Crippen molar-refractivity contribution < 1.29 is 0 Å². The Morgan fingerprint density at radius 2 is 2.40 bits per heavy atom. The van der Waals surface area contributed by atoms with Crippen molar-refractivity contribution in [2.75, 3.05) is 0 Å². The minimum atomic E-state index is 0.00344. The molecule has 0 spiro atoms. The molecule has 0 bridgehead atoms. The van der Waals surface area contributed by atoms with Gasteiger partial charge in [0, 0.05) is 11.6 Å². The SMILES string of the molecule is CCCC(N)c1ncc(-c2nccs2)[nH]1. The van der Waals surface area contributed by atoms with Crippen molar-refractivity contribution >= 4 is 11.3 Å². The van der Waals surface area contributed by atoms with E-state index >= 15 is 0 Å². The molecular formula is C10H14N4S. The zero-order valence-electron chi connectivity index (χ0n) is 8.60. The summed E-state index contributed by atoms with van der Waals surface area (Å²) >= 11 is 1.59. The van der Waals surface area contributed by atoms with Crippen LogP contribution in [0.25, 0.3) is 10.7 Å². The number of H-pyrrole nitrogens is 1. The Kier molecular flexibility index (Phi) is 3.13. The molecule has 0 amide bonds. The molecule has 0 aliphatic rings. The lowest BCUT2D eigenvalue weighted by atomic mass is 10.2. The van der Waals surface area contributed by atoms with Gasteiger partial charge in [0.2, 0.25) is 0 Å². The maximum Gasteiger partial charge on any atom is 0.141 e. The maximum absolute atomic E-state index is 5.96. The van der Waals surface area contributed by atoms with E-state index in [0.29, 0.717) is 0 Å². The van der Waals surface area contributed by atoms with E-state index in [1.54, 1.807) is 23.7 Å². The van der Waals surface area contributed by atoms with Crippen molar-refractivity contribution in [2.45, 2.75) is 25.8 Å². The minimum Gasteiger partial charge on any atom is -0.339 e. The molecule has 0 saturated heterocycles. The molecule has 2 rings (SSSR count). The highest BCUT2D eigenvalue weighted by atomic mass is 32.1. The van der Waals surface area contributed by atoms with E-state index in [1.165, 1.54) is 0 Å². The highest BCUT2D eigenvalue weighted by molar-refractivity contribution is 7.13. The van der Waals surface area contributed by atoms with Crippen LogP contribution in [-0.2, 0) is 0 Å². The molecule has 2 heterocycles. The van der Waals surface area contributed by atoms with E-state index in [4.69, 9.17) is 5.73 Å². The molecule has 2 aromatic heterocycles. The van der Waals surface area contributed by atoms with Crippen LogP contribution in [0.5, 0.6) is 0 Å². The third-order valence-corrected chi connectivity index (χ3v) is 3.02. The Balaban J connectivity index is 2.17. The zero-order valence-corrected chi connectivity index (χ0v) is 9.42. The van der Waals surface area contributed by atoms with Crippen LogP contribution >= 0.6 is 11.3 Å². The Morgan fingerprint density at radius 3 is 3.07 bits per heavy atom. The van der Waals surface area contributed by atoms with Gasteiger partial charge in [-0.3, -0.25) is 0 Å². The number of thiazole rings is 1. The second-order valence-electron chi connectivity index (χ2n) is 3.41. The van der Waals surface area contributed by atoms with Crippen molar-refractivity contribution in [1.82, 2.24) is 15.0 Å². The van der Waals surface area contributed by atoms with Crippen LogP contribution in [-0.4, -0.2) is 15.0 Å². The summed E-state index contributed by atoms with van der Waals surface area (Å²) in [6, 6.07) is 0.00344. The van der Waals surface area contributed by atoms with Gasteiger partial charge in [-0.1, -0.05) is 13.3 Å². The largest absolute Gasteiger partial charge is 0.339 e. The van der Waals surface area contributed by atoms with Crippen molar-refractivity contribution in [3.05, 3.63) is 23.6 Å². The third-order valence-electron chi connectivity index (χ3n) is 2.21. The molecule has 0 aliphatic carbocycles. The molecule has 2 aromatic rings. The summed E-state index contributed by atoms with van der Waals surface area (Å²) < 4.78 is 0. The van der Waals surface area contributed by atoms with Crippen molar-refractivity contribution in [3.8, 4) is 10.7 Å². The fourth-order valence-corrected chi connectivity index (χ4v) is 2.04. The summed E-state index contributed by atoms with van der Waals surface area (Å²) in [6.45, 7) is 2.12. The predicted octanol–water partition coefficient (Wildman–Crippen LogP) is 2.33. The van der Waals surface area contributed by atoms with Crippen molar-refractivity contribution in [2.24, 2.45) is 5.73 Å². The Bertz CT molecular complexity index is 407. The summed E-state index contributed by atoms with van der Waals surface area (Å²) in [5.41, 5.74) is 6.91. The number of aromatic amines is 1. The molecule has 5 heteroatoms. The number of hydrogen-bond acceptors (Lipinski definition) is 4. The van der Waals surface area contributed by atoms with Crippen LogP contribution in [0.3, 0.4) is 0 Å². The van der Waals surface area contributed by atoms with Gasteiger partial charge in [0.05, 0.1) is 17.9 Å². The van der Waals surface area contributed by atoms with Gasteiger partial charge < -0.3 is 10.7 Å². The number of aromatic nitrogens is 3. The van der Waals surface area contributed by atoms with Crippen LogP contribution < -0.4 is 5.73 Å². The first kappa shape index (κ1) is 10.3. The third kappa shape index (κ3) is 2.24. The highest BCUT2D eigenvalue weighted by Crippen LogP contribution is 2.21. The summed E-state index contributed by atoms with van der Waals surface area (Å²) in [5, 5.41) is 2.90. The first-order chi connectivity index (χ1) is 7.31. The molecule has 0 radical (unpaired) electrons. The van der Waals surface area contributed by atoms with E-state index in [0.717, 1.165) is 29.4 Å². The normalized spacial score (nSPS) is 12.9. The van der Waals surface area contributed by atoms with E-state index in [1.807, 2.05) is 5.38 Å². The predicted molar refractivity (Wildman–Crippen MR) is 61.5 cm³/mol. The van der Waals surface area contributed by atoms with Crippen LogP contribution in [0.2, 0.25) is 0 Å². The van der Waals surface area contributed by atoms with Gasteiger partial charge in [-0.05, 0) is 6.42 Å². The number of hydrogen-bond donors (Lipinski definition) is 2. The monoisotopic (exact) mass is 222 g/mol. The fourth-order valence-electron chi connectivity index (χ4n) is 1.44. The lowest BCUT2D eigenvalue weighted by Crippen LogP contribution is -2.11. The molecular weight excluding hydrogens is 208 g/mol. The van der Waals surface area contributed by atoms with Crippen LogP contribution in [0.1, 0.15) is 31.6 Å². The van der Waals surface area contributed by atoms with Crippen molar-refractivity contribution in [3.63, 3.8) is 0 Å². The van der Waals surface area contributed by atoms with E-state index in [2.05, 4.69) is 21.9 Å². The first-order valence-electron chi connectivity index (χ1n) is 5.01. The molecule has 15 heavy (non-hydrogen) atoms. The van der Waals surface area contributed by atoms with Crippen molar-refractivity contribution in [1.29, 1.82) is 0 Å².